The van der Waals surface area contributed by atoms with E-state index in [0.717, 1.165) is 0 Å². The lowest BCUT2D eigenvalue weighted by atomic mass is 10.3. The minimum Gasteiger partial charge on any atom is -0.274 e. The van der Waals surface area contributed by atoms with Gasteiger partial charge in [-0.3, -0.25) is 10.2 Å². The zero-order valence-corrected chi connectivity index (χ0v) is 6.27. The van der Waals surface area contributed by atoms with Crippen molar-refractivity contribution in [1.82, 2.24) is 10.3 Å². The molecule has 0 radical (unpaired) electrons. The maximum absolute atomic E-state index is 10.5. The van der Waals surface area contributed by atoms with Crippen LogP contribution in [-0.4, -0.2) is 14.3 Å². The molecule has 0 aliphatic rings. The molecule has 0 spiro atoms. The van der Waals surface area contributed by atoms with Crippen LogP contribution in [0.1, 0.15) is 6.92 Å². The van der Waals surface area contributed by atoms with Crippen molar-refractivity contribution in [3.63, 3.8) is 0 Å². The van der Waals surface area contributed by atoms with Gasteiger partial charge in [0.2, 0.25) is 10.9 Å². The molecule has 58 valence electrons. The van der Waals surface area contributed by atoms with Crippen LogP contribution in [0.5, 0.6) is 0 Å². The molecule has 0 aromatic carbocycles. The molecule has 0 fully saturated rings. The lowest BCUT2D eigenvalue weighted by molar-refractivity contribution is -0.117. The fourth-order valence-corrected chi connectivity index (χ4v) is 0.396. The summed E-state index contributed by atoms with van der Waals surface area (Å²) >= 11 is 0. The van der Waals surface area contributed by atoms with Gasteiger partial charge < -0.3 is 0 Å². The van der Waals surface area contributed by atoms with Gasteiger partial charge in [-0.25, -0.2) is 8.42 Å². The number of amides is 1. The van der Waals surface area contributed by atoms with E-state index < -0.39 is 16.8 Å². The minimum absolute atomic E-state index is 0.240. The molecule has 0 bridgehead atoms. The third-order valence-corrected chi connectivity index (χ3v) is 0.943. The Kier molecular flexibility index (Phi) is 3.67. The summed E-state index contributed by atoms with van der Waals surface area (Å²) in [5.74, 6) is -0.542. The van der Waals surface area contributed by atoms with Crippen molar-refractivity contribution in [2.24, 2.45) is 0 Å². The number of carbonyl (C=O) groups excluding carboxylic acids is 1. The number of carbonyl (C=O) groups is 1. The van der Waals surface area contributed by atoms with Gasteiger partial charge in [0.1, 0.15) is 0 Å². The van der Waals surface area contributed by atoms with Crippen LogP contribution in [-0.2, 0) is 15.7 Å². The topological polar surface area (TPSA) is 75.3 Å². The second-order valence-corrected chi connectivity index (χ2v) is 2.34. The zero-order valence-electron chi connectivity index (χ0n) is 5.38. The van der Waals surface area contributed by atoms with Crippen molar-refractivity contribution < 1.29 is 13.2 Å². The summed E-state index contributed by atoms with van der Waals surface area (Å²) in [6.45, 7) is 4.75. The van der Waals surface area contributed by atoms with Crippen molar-refractivity contribution in [3.8, 4) is 0 Å². The predicted octanol–water partition coefficient (Wildman–Crippen LogP) is -1.29. The summed E-state index contributed by atoms with van der Waals surface area (Å²) in [5, 5.41) is 0. The van der Waals surface area contributed by atoms with Gasteiger partial charge in [-0.1, -0.05) is 6.58 Å². The largest absolute Gasteiger partial charge is 0.274 e. The van der Waals surface area contributed by atoms with Crippen LogP contribution in [0, 0.1) is 0 Å². The Morgan fingerprint density at radius 2 is 2.00 bits per heavy atom. The van der Waals surface area contributed by atoms with Crippen LogP contribution in [0.2, 0.25) is 0 Å². The monoisotopic (exact) mass is 164 g/mol. The van der Waals surface area contributed by atoms with Crippen LogP contribution < -0.4 is 10.3 Å². The third-order valence-electron chi connectivity index (χ3n) is 0.648. The van der Waals surface area contributed by atoms with Gasteiger partial charge in [0.05, 0.1) is 0 Å². The normalized spacial score (nSPS) is 9.40. The highest BCUT2D eigenvalue weighted by Crippen LogP contribution is 1.81. The first kappa shape index (κ1) is 9.12. The van der Waals surface area contributed by atoms with E-state index in [4.69, 9.17) is 0 Å². The molecule has 0 heterocycles. The molecular formula is C4H8N2O3S. The van der Waals surface area contributed by atoms with Crippen molar-refractivity contribution >= 4 is 16.8 Å². The third kappa shape index (κ3) is 4.04. The fraction of sp³-hybridized carbons (Fsp3) is 0.250. The number of hydrogen-bond acceptors (Lipinski definition) is 3. The minimum atomic E-state index is -2.78. The number of thiol groups is 1. The lowest BCUT2D eigenvalue weighted by Crippen LogP contribution is -2.36. The van der Waals surface area contributed by atoms with Crippen LogP contribution >= 0.6 is 0 Å². The van der Waals surface area contributed by atoms with Gasteiger partial charge in [0.15, 0.2) is 0 Å². The SMILES string of the molecule is C=C(C)C(=O)NN[SH](=O)=O. The molecule has 2 N–H and O–H groups in total. The van der Waals surface area contributed by atoms with Crippen LogP contribution in [0.15, 0.2) is 12.2 Å². The Labute approximate surface area is 60.2 Å². The molecule has 10 heavy (non-hydrogen) atoms. The highest BCUT2D eigenvalue weighted by Gasteiger charge is 1.98. The van der Waals surface area contributed by atoms with E-state index in [-0.39, 0.29) is 5.57 Å². The molecule has 0 unspecified atom stereocenters. The first-order valence-electron chi connectivity index (χ1n) is 2.40. The molecule has 1 amide bonds. The highest BCUT2D eigenvalue weighted by atomic mass is 32.2. The fourth-order valence-electron chi connectivity index (χ4n) is 0.203. The zero-order chi connectivity index (χ0) is 8.15. The molecule has 0 saturated carbocycles. The summed E-state index contributed by atoms with van der Waals surface area (Å²) in [4.78, 5) is 12.2. The van der Waals surface area contributed by atoms with Gasteiger partial charge in [-0.15, -0.1) is 4.83 Å². The van der Waals surface area contributed by atoms with Gasteiger partial charge in [-0.2, -0.15) is 0 Å². The first-order valence-corrected chi connectivity index (χ1v) is 3.57. The van der Waals surface area contributed by atoms with Gasteiger partial charge >= 0.3 is 0 Å². The van der Waals surface area contributed by atoms with E-state index in [1.165, 1.54) is 6.92 Å². The Hall–Kier alpha value is -0.880. The summed E-state index contributed by atoms with van der Waals surface area (Å²) in [6, 6.07) is 0. The number of nitrogens with one attached hydrogen (secondary N) is 2. The van der Waals surface area contributed by atoms with Crippen LogP contribution in [0.3, 0.4) is 0 Å². The second kappa shape index (κ2) is 4.02. The smallest absolute Gasteiger partial charge is 0.261 e. The molecule has 0 rings (SSSR count). The molecule has 0 aromatic rings. The number of hydrazine groups is 1. The van der Waals surface area contributed by atoms with Crippen molar-refractivity contribution in [3.05, 3.63) is 12.2 Å². The average molecular weight is 164 g/mol. The number of rotatable bonds is 3. The molecular weight excluding hydrogens is 156 g/mol. The van der Waals surface area contributed by atoms with E-state index in [0.29, 0.717) is 0 Å². The molecule has 0 aromatic heterocycles. The predicted molar refractivity (Wildman–Crippen MR) is 36.4 cm³/mol. The van der Waals surface area contributed by atoms with Crippen LogP contribution in [0.4, 0.5) is 0 Å². The Bertz CT molecular complexity index is 213. The van der Waals surface area contributed by atoms with Crippen LogP contribution in [0.25, 0.3) is 0 Å². The van der Waals surface area contributed by atoms with Gasteiger partial charge in [0, 0.05) is 5.57 Å². The molecule has 0 atom stereocenters. The second-order valence-electron chi connectivity index (χ2n) is 1.60. The van der Waals surface area contributed by atoms with Crippen molar-refractivity contribution in [2.45, 2.75) is 6.92 Å². The van der Waals surface area contributed by atoms with E-state index in [9.17, 15) is 13.2 Å². The molecule has 0 aliphatic carbocycles. The molecule has 5 nitrogen and oxygen atoms in total. The van der Waals surface area contributed by atoms with E-state index in [1.54, 1.807) is 4.83 Å². The summed E-state index contributed by atoms with van der Waals surface area (Å²) in [6.07, 6.45) is 0. The highest BCUT2D eigenvalue weighted by molar-refractivity contribution is 7.70. The molecule has 6 heteroatoms. The Morgan fingerprint density at radius 1 is 1.50 bits per heavy atom. The molecule has 0 saturated heterocycles. The summed E-state index contributed by atoms with van der Waals surface area (Å²) in [5.41, 5.74) is 2.14. The molecule has 0 aliphatic heterocycles. The van der Waals surface area contributed by atoms with E-state index in [1.807, 2.05) is 5.43 Å². The maximum atomic E-state index is 10.5. The first-order chi connectivity index (χ1) is 4.54. The quantitative estimate of drug-likeness (QED) is 0.276. The van der Waals surface area contributed by atoms with Crippen molar-refractivity contribution in [2.75, 3.05) is 0 Å². The summed E-state index contributed by atoms with van der Waals surface area (Å²) < 4.78 is 19.6. The van der Waals surface area contributed by atoms with E-state index >= 15 is 0 Å². The number of hydrogen-bond donors (Lipinski definition) is 3. The Balaban J connectivity index is 3.71. The Morgan fingerprint density at radius 3 is 2.30 bits per heavy atom. The maximum Gasteiger partial charge on any atom is 0.261 e. The van der Waals surface area contributed by atoms with Gasteiger partial charge in [0.25, 0.3) is 5.91 Å². The van der Waals surface area contributed by atoms with E-state index in [2.05, 4.69) is 6.58 Å². The lowest BCUT2D eigenvalue weighted by Gasteiger charge is -1.98. The standard InChI is InChI=1S/C4H8N2O3S/c1-3(2)4(7)5-6-10(8)9/h10H,1H2,2H3,(H,5,7)(H,6,8,9). The van der Waals surface area contributed by atoms with Gasteiger partial charge in [-0.05, 0) is 6.92 Å². The van der Waals surface area contributed by atoms with Crippen molar-refractivity contribution in [1.29, 1.82) is 0 Å². The summed E-state index contributed by atoms with van der Waals surface area (Å²) in [7, 11) is -2.78. The average Bonchev–Trinajstić information content (AvgIpc) is 1.82.